The van der Waals surface area contributed by atoms with E-state index >= 15 is 0 Å². The van der Waals surface area contributed by atoms with Crippen molar-refractivity contribution in [1.29, 1.82) is 0 Å². The second-order valence-corrected chi connectivity index (χ2v) is 9.38. The van der Waals surface area contributed by atoms with Crippen LogP contribution in [0.5, 0.6) is 5.75 Å². The molecule has 0 spiro atoms. The summed E-state index contributed by atoms with van der Waals surface area (Å²) >= 11 is 5.94. The smallest absolute Gasteiger partial charge is 0.317 e. The van der Waals surface area contributed by atoms with Crippen LogP contribution in [-0.4, -0.2) is 33.6 Å². The lowest BCUT2D eigenvalue weighted by Crippen LogP contribution is -2.44. The summed E-state index contributed by atoms with van der Waals surface area (Å²) in [6, 6.07) is 25.6. The molecule has 1 saturated heterocycles. The third-order valence-electron chi connectivity index (χ3n) is 6.54. The highest BCUT2D eigenvalue weighted by molar-refractivity contribution is 6.30. The normalized spacial score (nSPS) is 14.3. The van der Waals surface area contributed by atoms with Crippen LogP contribution in [0.2, 0.25) is 5.02 Å². The van der Waals surface area contributed by atoms with E-state index in [-0.39, 0.29) is 6.03 Å². The van der Waals surface area contributed by atoms with Crippen LogP contribution in [0.1, 0.15) is 24.2 Å². The Morgan fingerprint density at radius 1 is 0.971 bits per heavy atom. The lowest BCUT2D eigenvalue weighted by molar-refractivity contribution is 0.164. The molecule has 0 radical (unpaired) electrons. The van der Waals surface area contributed by atoms with Crippen LogP contribution in [0.4, 0.5) is 4.79 Å². The van der Waals surface area contributed by atoms with Crippen molar-refractivity contribution in [2.75, 3.05) is 13.1 Å². The first-order valence-electron chi connectivity index (χ1n) is 12.0. The van der Waals surface area contributed by atoms with E-state index in [2.05, 4.69) is 22.0 Å². The van der Waals surface area contributed by atoms with Crippen LogP contribution >= 0.6 is 11.6 Å². The highest BCUT2D eigenvalue weighted by atomic mass is 35.5. The fourth-order valence-corrected chi connectivity index (χ4v) is 4.70. The Morgan fingerprint density at radius 2 is 1.69 bits per heavy atom. The number of benzene rings is 3. The number of imidazole rings is 1. The summed E-state index contributed by atoms with van der Waals surface area (Å²) in [5.41, 5.74) is 3.15. The minimum absolute atomic E-state index is 0.0107. The summed E-state index contributed by atoms with van der Waals surface area (Å²) in [5.74, 6) is 2.24. The Labute approximate surface area is 210 Å². The predicted octanol–water partition coefficient (Wildman–Crippen LogP) is 5.89. The van der Waals surface area contributed by atoms with Gasteiger partial charge in [-0.25, -0.2) is 9.78 Å². The van der Waals surface area contributed by atoms with Gasteiger partial charge in [0, 0.05) is 31.2 Å². The van der Waals surface area contributed by atoms with Crippen LogP contribution in [0.25, 0.3) is 11.0 Å². The first kappa shape index (κ1) is 23.2. The summed E-state index contributed by atoms with van der Waals surface area (Å²) in [4.78, 5) is 19.4. The molecule has 7 heteroatoms. The SMILES string of the molecule is O=C(NCc1ccc(Cl)cc1)N1CCC(Cn2c(COc3ccccc3)nc3ccccc32)CC1. The topological polar surface area (TPSA) is 59.4 Å². The molecule has 0 unspecified atom stereocenters. The van der Waals surface area contributed by atoms with Crippen molar-refractivity contribution in [3.63, 3.8) is 0 Å². The number of nitrogens with one attached hydrogen (secondary N) is 1. The van der Waals surface area contributed by atoms with Crippen molar-refractivity contribution in [3.8, 4) is 5.75 Å². The van der Waals surface area contributed by atoms with E-state index < -0.39 is 0 Å². The van der Waals surface area contributed by atoms with Gasteiger partial charge in [-0.05, 0) is 60.7 Å². The molecule has 2 amide bonds. The lowest BCUT2D eigenvalue weighted by Gasteiger charge is -2.32. The quantitative estimate of drug-likeness (QED) is 0.353. The summed E-state index contributed by atoms with van der Waals surface area (Å²) in [7, 11) is 0. The monoisotopic (exact) mass is 488 g/mol. The second-order valence-electron chi connectivity index (χ2n) is 8.94. The molecule has 6 nitrogen and oxygen atoms in total. The van der Waals surface area contributed by atoms with Gasteiger partial charge in [0.05, 0.1) is 11.0 Å². The van der Waals surface area contributed by atoms with Crippen LogP contribution in [0, 0.1) is 5.92 Å². The van der Waals surface area contributed by atoms with Gasteiger partial charge in [-0.15, -0.1) is 0 Å². The van der Waals surface area contributed by atoms with E-state index in [1.165, 1.54) is 0 Å². The standard InChI is InChI=1S/C28H29ClN4O2/c29-23-12-10-21(11-13-23)18-30-28(34)32-16-14-22(15-17-32)19-33-26-9-5-4-8-25(26)31-27(33)20-35-24-6-2-1-3-7-24/h1-13,22H,14-20H2,(H,30,34). The average molecular weight is 489 g/mol. The number of piperidine rings is 1. The third-order valence-corrected chi connectivity index (χ3v) is 6.80. The molecule has 1 aliphatic rings. The van der Waals surface area contributed by atoms with Gasteiger partial charge in [0.15, 0.2) is 0 Å². The van der Waals surface area contributed by atoms with Crippen molar-refractivity contribution in [3.05, 3.63) is 95.3 Å². The number of hydrogen-bond donors (Lipinski definition) is 1. The first-order valence-corrected chi connectivity index (χ1v) is 12.4. The largest absolute Gasteiger partial charge is 0.486 e. The van der Waals surface area contributed by atoms with Gasteiger partial charge < -0.3 is 19.5 Å². The summed E-state index contributed by atoms with van der Waals surface area (Å²) in [6.07, 6.45) is 1.92. The lowest BCUT2D eigenvalue weighted by atomic mass is 9.96. The molecule has 0 saturated carbocycles. The van der Waals surface area contributed by atoms with Crippen molar-refractivity contribution in [2.24, 2.45) is 5.92 Å². The number of hydrogen-bond acceptors (Lipinski definition) is 3. The summed E-state index contributed by atoms with van der Waals surface area (Å²) < 4.78 is 8.31. The first-order chi connectivity index (χ1) is 17.2. The Bertz CT molecular complexity index is 1270. The minimum atomic E-state index is -0.0107. The number of halogens is 1. The maximum Gasteiger partial charge on any atom is 0.317 e. The van der Waals surface area contributed by atoms with Gasteiger partial charge in [0.25, 0.3) is 0 Å². The van der Waals surface area contributed by atoms with Gasteiger partial charge in [-0.3, -0.25) is 0 Å². The maximum atomic E-state index is 12.7. The fraction of sp³-hybridized carbons (Fsp3) is 0.286. The number of nitrogens with zero attached hydrogens (tertiary/aromatic N) is 3. The molecule has 1 N–H and O–H groups in total. The number of amides is 2. The zero-order valence-electron chi connectivity index (χ0n) is 19.6. The molecular weight excluding hydrogens is 460 g/mol. The molecule has 1 aromatic heterocycles. The Kier molecular flexibility index (Phi) is 7.19. The molecule has 0 aliphatic carbocycles. The third kappa shape index (κ3) is 5.77. The minimum Gasteiger partial charge on any atom is -0.486 e. The van der Waals surface area contributed by atoms with Crippen LogP contribution in [-0.2, 0) is 19.7 Å². The molecule has 0 bridgehead atoms. The zero-order chi connectivity index (χ0) is 24.0. The fourth-order valence-electron chi connectivity index (χ4n) is 4.57. The molecule has 2 heterocycles. The maximum absolute atomic E-state index is 12.7. The van der Waals surface area contributed by atoms with E-state index in [0.717, 1.165) is 60.6 Å². The number of urea groups is 1. The van der Waals surface area contributed by atoms with Crippen LogP contribution < -0.4 is 10.1 Å². The number of aromatic nitrogens is 2. The van der Waals surface area contributed by atoms with Gasteiger partial charge in [-0.1, -0.05) is 54.1 Å². The number of para-hydroxylation sites is 3. The molecule has 0 atom stereocenters. The van der Waals surface area contributed by atoms with Crippen LogP contribution in [0.3, 0.4) is 0 Å². The number of carbonyl (C=O) groups excluding carboxylic acids is 1. The number of rotatable bonds is 7. The molecule has 1 fully saturated rings. The van der Waals surface area contributed by atoms with Crippen molar-refractivity contribution < 1.29 is 9.53 Å². The molecule has 4 aromatic rings. The van der Waals surface area contributed by atoms with E-state index in [4.69, 9.17) is 21.3 Å². The molecule has 35 heavy (non-hydrogen) atoms. The Hall–Kier alpha value is -3.51. The molecule has 1 aliphatic heterocycles. The Morgan fingerprint density at radius 3 is 2.46 bits per heavy atom. The van der Waals surface area contributed by atoms with Gasteiger partial charge in [-0.2, -0.15) is 0 Å². The van der Waals surface area contributed by atoms with E-state index in [1.54, 1.807) is 0 Å². The average Bonchev–Trinajstić information content (AvgIpc) is 3.25. The van der Waals surface area contributed by atoms with Crippen molar-refractivity contribution in [1.82, 2.24) is 19.8 Å². The van der Waals surface area contributed by atoms with Crippen LogP contribution in [0.15, 0.2) is 78.9 Å². The second kappa shape index (κ2) is 10.8. The molecule has 180 valence electrons. The van der Waals surface area contributed by atoms with E-state index in [9.17, 15) is 4.79 Å². The number of carbonyl (C=O) groups is 1. The van der Waals surface area contributed by atoms with Crippen molar-refractivity contribution >= 4 is 28.7 Å². The summed E-state index contributed by atoms with van der Waals surface area (Å²) in [5, 5.41) is 3.72. The van der Waals surface area contributed by atoms with Crippen molar-refractivity contribution in [2.45, 2.75) is 32.5 Å². The molecule has 5 rings (SSSR count). The predicted molar refractivity (Wildman–Crippen MR) is 138 cm³/mol. The van der Waals surface area contributed by atoms with Gasteiger partial charge in [0.1, 0.15) is 18.2 Å². The van der Waals surface area contributed by atoms with E-state index in [1.807, 2.05) is 71.6 Å². The number of likely N-dealkylation sites (tertiary alicyclic amines) is 1. The number of ether oxygens (including phenoxy) is 1. The summed E-state index contributed by atoms with van der Waals surface area (Å²) in [6.45, 7) is 3.29. The number of fused-ring (bicyclic) bond motifs is 1. The molecular formula is C28H29ClN4O2. The highest BCUT2D eigenvalue weighted by Crippen LogP contribution is 2.24. The zero-order valence-corrected chi connectivity index (χ0v) is 20.3. The van der Waals surface area contributed by atoms with Gasteiger partial charge >= 0.3 is 6.03 Å². The molecule has 3 aromatic carbocycles. The van der Waals surface area contributed by atoms with Gasteiger partial charge in [0.2, 0.25) is 0 Å². The van der Waals surface area contributed by atoms with E-state index in [0.29, 0.717) is 24.1 Å². The Balaban J connectivity index is 1.19. The highest BCUT2D eigenvalue weighted by Gasteiger charge is 2.24.